The van der Waals surface area contributed by atoms with E-state index in [0.717, 1.165) is 12.1 Å². The molecule has 0 unspecified atom stereocenters. The zero-order chi connectivity index (χ0) is 14.3. The number of alkyl halides is 3. The van der Waals surface area contributed by atoms with Crippen LogP contribution in [0.3, 0.4) is 0 Å². The van der Waals surface area contributed by atoms with E-state index >= 15 is 0 Å². The fraction of sp³-hybridized carbons (Fsp3) is 0.0769. The summed E-state index contributed by atoms with van der Waals surface area (Å²) in [6.07, 6.45) is -1.57. The van der Waals surface area contributed by atoms with Gasteiger partial charge in [0.2, 0.25) is 0 Å². The van der Waals surface area contributed by atoms with Gasteiger partial charge in [0.25, 0.3) is 0 Å². The molecule has 0 saturated heterocycles. The number of aromatic nitrogens is 3. The number of imidazole rings is 1. The Morgan fingerprint density at radius 2 is 1.90 bits per heavy atom. The Kier molecular flexibility index (Phi) is 2.70. The highest BCUT2D eigenvalue weighted by molar-refractivity contribution is 5.78. The first-order valence-corrected chi connectivity index (χ1v) is 5.62. The van der Waals surface area contributed by atoms with Crippen LogP contribution in [0.4, 0.5) is 17.6 Å². The van der Waals surface area contributed by atoms with Crippen molar-refractivity contribution in [3.05, 3.63) is 48.0 Å². The largest absolute Gasteiger partial charge is 0.416 e. The van der Waals surface area contributed by atoms with Crippen molar-refractivity contribution in [3.63, 3.8) is 0 Å². The van der Waals surface area contributed by atoms with Gasteiger partial charge >= 0.3 is 6.18 Å². The second kappa shape index (κ2) is 4.29. The van der Waals surface area contributed by atoms with Gasteiger partial charge in [-0.25, -0.2) is 9.37 Å². The molecule has 0 saturated carbocycles. The molecule has 1 N–H and O–H groups in total. The third-order valence-electron chi connectivity index (χ3n) is 2.83. The summed E-state index contributed by atoms with van der Waals surface area (Å²) >= 11 is 0. The minimum atomic E-state index is -4.53. The minimum Gasteiger partial charge on any atom is -0.337 e. The molecule has 7 heteroatoms. The zero-order valence-electron chi connectivity index (χ0n) is 9.87. The number of hydrogen-bond acceptors (Lipinski definition) is 2. The van der Waals surface area contributed by atoms with Gasteiger partial charge in [0.1, 0.15) is 11.6 Å². The molecular weight excluding hydrogens is 274 g/mol. The van der Waals surface area contributed by atoms with E-state index in [4.69, 9.17) is 0 Å². The molecule has 0 aliphatic carbocycles. The Hall–Kier alpha value is -2.44. The SMILES string of the molecule is Fc1ccc(C(F)(F)F)cc1-c1nc2ccncc2[nH]1. The van der Waals surface area contributed by atoms with Crippen LogP contribution in [0.1, 0.15) is 5.56 Å². The van der Waals surface area contributed by atoms with Crippen molar-refractivity contribution >= 4 is 11.0 Å². The van der Waals surface area contributed by atoms with Gasteiger partial charge in [0.15, 0.2) is 0 Å². The number of pyridine rings is 1. The van der Waals surface area contributed by atoms with E-state index in [-0.39, 0.29) is 11.4 Å². The Morgan fingerprint density at radius 3 is 2.60 bits per heavy atom. The van der Waals surface area contributed by atoms with Gasteiger partial charge in [0, 0.05) is 6.20 Å². The van der Waals surface area contributed by atoms with Crippen molar-refractivity contribution in [2.45, 2.75) is 6.18 Å². The molecule has 0 aliphatic heterocycles. The van der Waals surface area contributed by atoms with Gasteiger partial charge < -0.3 is 4.98 Å². The summed E-state index contributed by atoms with van der Waals surface area (Å²) in [6, 6.07) is 3.80. The van der Waals surface area contributed by atoms with E-state index in [0.29, 0.717) is 17.1 Å². The van der Waals surface area contributed by atoms with Crippen LogP contribution in [0.2, 0.25) is 0 Å². The van der Waals surface area contributed by atoms with Crippen LogP contribution in [-0.4, -0.2) is 15.0 Å². The smallest absolute Gasteiger partial charge is 0.337 e. The van der Waals surface area contributed by atoms with E-state index in [9.17, 15) is 17.6 Å². The lowest BCUT2D eigenvalue weighted by Gasteiger charge is -2.08. The molecule has 0 atom stereocenters. The molecule has 0 radical (unpaired) electrons. The number of rotatable bonds is 1. The number of nitrogens with zero attached hydrogens (tertiary/aromatic N) is 2. The van der Waals surface area contributed by atoms with Crippen LogP contribution >= 0.6 is 0 Å². The number of aromatic amines is 1. The highest BCUT2D eigenvalue weighted by Crippen LogP contribution is 2.33. The molecule has 0 aliphatic rings. The van der Waals surface area contributed by atoms with Gasteiger partial charge in [-0.15, -0.1) is 0 Å². The molecule has 3 rings (SSSR count). The average molecular weight is 281 g/mol. The van der Waals surface area contributed by atoms with E-state index in [2.05, 4.69) is 15.0 Å². The lowest BCUT2D eigenvalue weighted by atomic mass is 10.1. The monoisotopic (exact) mass is 281 g/mol. The maximum atomic E-state index is 13.7. The molecule has 0 bridgehead atoms. The van der Waals surface area contributed by atoms with Crippen LogP contribution in [-0.2, 0) is 6.18 Å². The van der Waals surface area contributed by atoms with Crippen molar-refractivity contribution in [3.8, 4) is 11.4 Å². The Bertz CT molecular complexity index is 744. The number of fused-ring (bicyclic) bond motifs is 1. The number of halogens is 4. The molecule has 20 heavy (non-hydrogen) atoms. The van der Waals surface area contributed by atoms with Crippen LogP contribution < -0.4 is 0 Å². The summed E-state index contributed by atoms with van der Waals surface area (Å²) in [5, 5.41) is 0. The lowest BCUT2D eigenvalue weighted by Crippen LogP contribution is -2.05. The molecule has 102 valence electrons. The molecule has 2 heterocycles. The average Bonchev–Trinajstić information content (AvgIpc) is 2.81. The normalized spacial score (nSPS) is 12.0. The van der Waals surface area contributed by atoms with E-state index < -0.39 is 17.6 Å². The van der Waals surface area contributed by atoms with E-state index in [1.54, 1.807) is 6.07 Å². The van der Waals surface area contributed by atoms with Gasteiger partial charge in [-0.05, 0) is 24.3 Å². The van der Waals surface area contributed by atoms with E-state index in [1.165, 1.54) is 12.4 Å². The highest BCUT2D eigenvalue weighted by atomic mass is 19.4. The number of H-pyrrole nitrogens is 1. The first kappa shape index (κ1) is 12.6. The van der Waals surface area contributed by atoms with Gasteiger partial charge in [0.05, 0.1) is 28.4 Å². The minimum absolute atomic E-state index is 0.0385. The Balaban J connectivity index is 2.17. The summed E-state index contributed by atoms with van der Waals surface area (Å²) in [5.74, 6) is -0.735. The molecule has 3 nitrogen and oxygen atoms in total. The van der Waals surface area contributed by atoms with Crippen molar-refractivity contribution in [2.24, 2.45) is 0 Å². The molecule has 3 aromatic rings. The third-order valence-corrected chi connectivity index (χ3v) is 2.83. The van der Waals surface area contributed by atoms with Crippen LogP contribution in [0.25, 0.3) is 22.4 Å². The zero-order valence-corrected chi connectivity index (χ0v) is 9.87. The molecule has 0 amide bonds. The van der Waals surface area contributed by atoms with Crippen molar-refractivity contribution < 1.29 is 17.6 Å². The van der Waals surface area contributed by atoms with Crippen LogP contribution in [0.15, 0.2) is 36.7 Å². The van der Waals surface area contributed by atoms with Crippen LogP contribution in [0.5, 0.6) is 0 Å². The van der Waals surface area contributed by atoms with Gasteiger partial charge in [-0.3, -0.25) is 4.98 Å². The van der Waals surface area contributed by atoms with Crippen molar-refractivity contribution in [1.29, 1.82) is 0 Å². The fourth-order valence-electron chi connectivity index (χ4n) is 1.87. The predicted molar refractivity (Wildman–Crippen MR) is 64.3 cm³/mol. The Labute approximate surface area is 110 Å². The Morgan fingerprint density at radius 1 is 1.10 bits per heavy atom. The summed E-state index contributed by atoms with van der Waals surface area (Å²) in [6.45, 7) is 0. The molecular formula is C13H7F4N3. The molecule has 0 spiro atoms. The summed E-state index contributed by atoms with van der Waals surface area (Å²) in [5.41, 5.74) is -0.116. The van der Waals surface area contributed by atoms with Crippen LogP contribution in [0, 0.1) is 5.82 Å². The number of hydrogen-bond donors (Lipinski definition) is 1. The standard InChI is InChI=1S/C13H7F4N3/c14-9-2-1-7(13(15,16)17)5-8(9)12-19-10-3-4-18-6-11(10)20-12/h1-6H,(H,19,20). The lowest BCUT2D eigenvalue weighted by molar-refractivity contribution is -0.137. The maximum Gasteiger partial charge on any atom is 0.416 e. The second-order valence-electron chi connectivity index (χ2n) is 4.17. The first-order chi connectivity index (χ1) is 9.45. The number of nitrogens with one attached hydrogen (secondary N) is 1. The van der Waals surface area contributed by atoms with Crippen molar-refractivity contribution in [1.82, 2.24) is 15.0 Å². The summed E-state index contributed by atoms with van der Waals surface area (Å²) in [7, 11) is 0. The van der Waals surface area contributed by atoms with E-state index in [1.807, 2.05) is 0 Å². The molecule has 1 aromatic carbocycles. The van der Waals surface area contributed by atoms with Crippen molar-refractivity contribution in [2.75, 3.05) is 0 Å². The summed E-state index contributed by atoms with van der Waals surface area (Å²) < 4.78 is 51.7. The quantitative estimate of drug-likeness (QED) is 0.690. The third kappa shape index (κ3) is 2.11. The maximum absolute atomic E-state index is 13.7. The predicted octanol–water partition coefficient (Wildman–Crippen LogP) is 3.78. The topological polar surface area (TPSA) is 41.6 Å². The summed E-state index contributed by atoms with van der Waals surface area (Å²) in [4.78, 5) is 10.7. The first-order valence-electron chi connectivity index (χ1n) is 5.62. The van der Waals surface area contributed by atoms with Gasteiger partial charge in [-0.2, -0.15) is 13.2 Å². The molecule has 0 fully saturated rings. The molecule has 2 aromatic heterocycles. The van der Waals surface area contributed by atoms with Gasteiger partial charge in [-0.1, -0.05) is 0 Å². The second-order valence-corrected chi connectivity index (χ2v) is 4.17. The fourth-order valence-corrected chi connectivity index (χ4v) is 1.87. The highest BCUT2D eigenvalue weighted by Gasteiger charge is 2.31. The number of benzene rings is 1.